The molecule has 0 aromatic carbocycles. The maximum absolute atomic E-state index is 12.2. The summed E-state index contributed by atoms with van der Waals surface area (Å²) in [7, 11) is 0. The Labute approximate surface area is 125 Å². The molecular weight excluding hydrogens is 274 g/mol. The molecule has 2 fully saturated rings. The van der Waals surface area contributed by atoms with Gasteiger partial charge in [-0.3, -0.25) is 9.69 Å². The summed E-state index contributed by atoms with van der Waals surface area (Å²) in [4.78, 5) is 27.4. The molecule has 2 aliphatic heterocycles. The second kappa shape index (κ2) is 7.09. The van der Waals surface area contributed by atoms with Crippen LogP contribution in [0.3, 0.4) is 0 Å². The Kier molecular flexibility index (Phi) is 5.41. The molecule has 2 rings (SSSR count). The first-order valence-corrected chi connectivity index (χ1v) is 7.55. The van der Waals surface area contributed by atoms with Crippen LogP contribution in [0.25, 0.3) is 0 Å². The van der Waals surface area contributed by atoms with E-state index in [1.807, 2.05) is 0 Å². The number of nitrogens with one attached hydrogen (secondary N) is 1. The van der Waals surface area contributed by atoms with Gasteiger partial charge in [-0.05, 0) is 5.92 Å². The van der Waals surface area contributed by atoms with Gasteiger partial charge in [-0.1, -0.05) is 13.8 Å². The molecule has 2 amide bonds. The highest BCUT2D eigenvalue weighted by Crippen LogP contribution is 2.14. The van der Waals surface area contributed by atoms with E-state index < -0.39 is 17.9 Å². The highest BCUT2D eigenvalue weighted by atomic mass is 16.5. The summed E-state index contributed by atoms with van der Waals surface area (Å²) in [6.07, 6.45) is 0. The Morgan fingerprint density at radius 3 is 2.48 bits per heavy atom. The van der Waals surface area contributed by atoms with E-state index in [0.717, 1.165) is 19.6 Å². The number of piperazine rings is 1. The number of carboxylic acids is 1. The van der Waals surface area contributed by atoms with Crippen molar-refractivity contribution in [3.05, 3.63) is 0 Å². The van der Waals surface area contributed by atoms with Crippen molar-refractivity contribution in [3.63, 3.8) is 0 Å². The largest absolute Gasteiger partial charge is 0.481 e. The maximum atomic E-state index is 12.2. The number of aliphatic carboxylic acids is 1. The Hall–Kier alpha value is -1.34. The average molecular weight is 299 g/mol. The Balaban J connectivity index is 1.78. The van der Waals surface area contributed by atoms with Gasteiger partial charge in [0.1, 0.15) is 5.92 Å². The molecule has 2 heterocycles. The van der Waals surface area contributed by atoms with Crippen molar-refractivity contribution in [1.29, 1.82) is 0 Å². The van der Waals surface area contributed by atoms with Gasteiger partial charge in [-0.25, -0.2) is 4.79 Å². The fourth-order valence-electron chi connectivity index (χ4n) is 2.84. The summed E-state index contributed by atoms with van der Waals surface area (Å²) in [6.45, 7) is 8.97. The SMILES string of the molecule is CC(C)CN1CCN(C(=O)NC2COCC2C(=O)O)CC1. The van der Waals surface area contributed by atoms with E-state index in [9.17, 15) is 9.59 Å². The van der Waals surface area contributed by atoms with Gasteiger partial charge in [0.25, 0.3) is 0 Å². The van der Waals surface area contributed by atoms with Gasteiger partial charge in [-0.2, -0.15) is 0 Å². The molecule has 2 unspecified atom stereocenters. The fourth-order valence-corrected chi connectivity index (χ4v) is 2.84. The monoisotopic (exact) mass is 299 g/mol. The minimum atomic E-state index is -0.917. The number of ether oxygens (including phenoxy) is 1. The van der Waals surface area contributed by atoms with Crippen molar-refractivity contribution in [3.8, 4) is 0 Å². The lowest BCUT2D eigenvalue weighted by molar-refractivity contribution is -0.142. The number of amides is 2. The average Bonchev–Trinajstić information content (AvgIpc) is 2.87. The van der Waals surface area contributed by atoms with E-state index in [4.69, 9.17) is 9.84 Å². The van der Waals surface area contributed by atoms with Gasteiger partial charge in [0.2, 0.25) is 0 Å². The first kappa shape index (κ1) is 16.0. The highest BCUT2D eigenvalue weighted by Gasteiger charge is 2.36. The smallest absolute Gasteiger partial charge is 0.317 e. The summed E-state index contributed by atoms with van der Waals surface area (Å²) < 4.78 is 5.16. The Morgan fingerprint density at radius 2 is 1.90 bits per heavy atom. The van der Waals surface area contributed by atoms with Crippen LogP contribution in [-0.4, -0.2) is 78.9 Å². The van der Waals surface area contributed by atoms with Crippen molar-refractivity contribution in [1.82, 2.24) is 15.1 Å². The highest BCUT2D eigenvalue weighted by molar-refractivity contribution is 5.77. The Morgan fingerprint density at radius 1 is 1.24 bits per heavy atom. The number of urea groups is 1. The second-order valence-corrected chi connectivity index (χ2v) is 6.22. The third kappa shape index (κ3) is 4.31. The number of carbonyl (C=O) groups excluding carboxylic acids is 1. The van der Waals surface area contributed by atoms with Gasteiger partial charge in [0.15, 0.2) is 0 Å². The molecule has 0 spiro atoms. The minimum Gasteiger partial charge on any atom is -0.481 e. The summed E-state index contributed by atoms with van der Waals surface area (Å²) in [5.74, 6) is -0.937. The van der Waals surface area contributed by atoms with E-state index in [0.29, 0.717) is 19.0 Å². The standard InChI is InChI=1S/C14H25N3O4/c1-10(2)7-16-3-5-17(6-4-16)14(20)15-12-9-21-8-11(12)13(18)19/h10-12H,3-9H2,1-2H3,(H,15,20)(H,18,19). The van der Waals surface area contributed by atoms with Gasteiger partial charge in [0, 0.05) is 32.7 Å². The Bertz CT molecular complexity index is 380. The molecule has 0 aromatic heterocycles. The zero-order valence-electron chi connectivity index (χ0n) is 12.7. The van der Waals surface area contributed by atoms with Crippen LogP contribution >= 0.6 is 0 Å². The first-order chi connectivity index (χ1) is 9.97. The quantitative estimate of drug-likeness (QED) is 0.767. The molecule has 7 heteroatoms. The molecule has 120 valence electrons. The van der Waals surface area contributed by atoms with Gasteiger partial charge in [0.05, 0.1) is 19.3 Å². The molecule has 0 radical (unpaired) electrons. The van der Waals surface area contributed by atoms with E-state index in [-0.39, 0.29) is 19.2 Å². The fraction of sp³-hybridized carbons (Fsp3) is 0.857. The molecular formula is C14H25N3O4. The van der Waals surface area contributed by atoms with Gasteiger partial charge >= 0.3 is 12.0 Å². The topological polar surface area (TPSA) is 82.1 Å². The summed E-state index contributed by atoms with van der Waals surface area (Å²) >= 11 is 0. The van der Waals surface area contributed by atoms with Gasteiger partial charge < -0.3 is 20.1 Å². The van der Waals surface area contributed by atoms with Crippen LogP contribution in [0.15, 0.2) is 0 Å². The zero-order chi connectivity index (χ0) is 15.4. The van der Waals surface area contributed by atoms with Gasteiger partial charge in [-0.15, -0.1) is 0 Å². The molecule has 0 bridgehead atoms. The summed E-state index contributed by atoms with van der Waals surface area (Å²) in [6, 6.07) is -0.607. The minimum absolute atomic E-state index is 0.169. The van der Waals surface area contributed by atoms with Crippen LogP contribution < -0.4 is 5.32 Å². The number of nitrogens with zero attached hydrogens (tertiary/aromatic N) is 2. The van der Waals surface area contributed by atoms with Crippen LogP contribution in [0.1, 0.15) is 13.8 Å². The van der Waals surface area contributed by atoms with E-state index >= 15 is 0 Å². The van der Waals surface area contributed by atoms with E-state index in [1.165, 1.54) is 0 Å². The predicted molar refractivity (Wildman–Crippen MR) is 77.1 cm³/mol. The summed E-state index contributed by atoms with van der Waals surface area (Å²) in [5, 5.41) is 11.9. The number of hydrogen-bond donors (Lipinski definition) is 2. The van der Waals surface area contributed by atoms with E-state index in [2.05, 4.69) is 24.1 Å². The van der Waals surface area contributed by atoms with Crippen molar-refractivity contribution in [2.24, 2.45) is 11.8 Å². The third-order valence-corrected chi connectivity index (χ3v) is 3.99. The normalized spacial score (nSPS) is 27.1. The van der Waals surface area contributed by atoms with Crippen LogP contribution in [0.5, 0.6) is 0 Å². The van der Waals surface area contributed by atoms with Crippen molar-refractivity contribution < 1.29 is 19.4 Å². The molecule has 21 heavy (non-hydrogen) atoms. The zero-order valence-corrected chi connectivity index (χ0v) is 12.7. The third-order valence-electron chi connectivity index (χ3n) is 3.99. The molecule has 2 saturated heterocycles. The molecule has 0 aliphatic carbocycles. The summed E-state index contributed by atoms with van der Waals surface area (Å²) in [5.41, 5.74) is 0. The van der Waals surface area contributed by atoms with Crippen LogP contribution in [0, 0.1) is 11.8 Å². The molecule has 0 saturated carbocycles. The molecule has 0 aromatic rings. The second-order valence-electron chi connectivity index (χ2n) is 6.22. The number of carboxylic acid groups (broad SMARTS) is 1. The lowest BCUT2D eigenvalue weighted by Gasteiger charge is -2.36. The molecule has 7 nitrogen and oxygen atoms in total. The molecule has 2 atom stereocenters. The lowest BCUT2D eigenvalue weighted by Crippen LogP contribution is -2.55. The van der Waals surface area contributed by atoms with Crippen LogP contribution in [0.4, 0.5) is 4.79 Å². The van der Waals surface area contributed by atoms with Crippen molar-refractivity contribution >= 4 is 12.0 Å². The lowest BCUT2D eigenvalue weighted by atomic mass is 10.0. The van der Waals surface area contributed by atoms with Crippen molar-refractivity contribution in [2.45, 2.75) is 19.9 Å². The van der Waals surface area contributed by atoms with Crippen molar-refractivity contribution in [2.75, 3.05) is 45.9 Å². The molecule has 2 aliphatic rings. The van der Waals surface area contributed by atoms with Crippen LogP contribution in [-0.2, 0) is 9.53 Å². The maximum Gasteiger partial charge on any atom is 0.317 e. The molecule has 2 N–H and O–H groups in total. The van der Waals surface area contributed by atoms with Crippen LogP contribution in [0.2, 0.25) is 0 Å². The van der Waals surface area contributed by atoms with E-state index in [1.54, 1.807) is 4.90 Å². The number of carbonyl (C=O) groups is 2. The number of rotatable bonds is 4. The first-order valence-electron chi connectivity index (χ1n) is 7.55. The number of hydrogen-bond acceptors (Lipinski definition) is 4. The predicted octanol–water partition coefficient (Wildman–Crippen LogP) is 0.0692.